The van der Waals surface area contributed by atoms with Gasteiger partial charge in [-0.15, -0.1) is 0 Å². The predicted octanol–water partition coefficient (Wildman–Crippen LogP) is 2.76. The third kappa shape index (κ3) is 1.01. The maximum atomic E-state index is 2.40. The third-order valence-corrected chi connectivity index (χ3v) is 3.63. The first-order valence-corrected chi connectivity index (χ1v) is 4.31. The molecule has 0 heterocycles. The van der Waals surface area contributed by atoms with Crippen LogP contribution in [0.3, 0.4) is 0 Å². The highest BCUT2D eigenvalue weighted by Gasteiger charge is 2.46. The van der Waals surface area contributed by atoms with Crippen molar-refractivity contribution < 1.29 is 0 Å². The SMILES string of the molecule is CC1=C2CC(CC1)C2(C)C.[Si]. The van der Waals surface area contributed by atoms with Crippen molar-refractivity contribution in [3.05, 3.63) is 11.1 Å². The van der Waals surface area contributed by atoms with Gasteiger partial charge in [-0.05, 0) is 37.5 Å². The van der Waals surface area contributed by atoms with E-state index < -0.39 is 0 Å². The topological polar surface area (TPSA) is 0 Å². The van der Waals surface area contributed by atoms with Gasteiger partial charge in [0.2, 0.25) is 0 Å². The summed E-state index contributed by atoms with van der Waals surface area (Å²) in [4.78, 5) is 0. The molecule has 1 unspecified atom stereocenters. The first-order chi connectivity index (χ1) is 4.62. The minimum absolute atomic E-state index is 0. The first kappa shape index (κ1) is 9.05. The Balaban J connectivity index is 0.000000605. The van der Waals surface area contributed by atoms with Crippen molar-refractivity contribution in [2.45, 2.75) is 40.0 Å². The lowest BCUT2D eigenvalue weighted by Gasteiger charge is -2.52. The normalized spacial score (nSPS) is 32.5. The van der Waals surface area contributed by atoms with Crippen molar-refractivity contribution in [2.75, 3.05) is 0 Å². The Kier molecular flexibility index (Phi) is 2.04. The number of hydrogen-bond acceptors (Lipinski definition) is 0. The lowest BCUT2D eigenvalue weighted by atomic mass is 9.52. The monoisotopic (exact) mass is 164 g/mol. The van der Waals surface area contributed by atoms with Crippen LogP contribution in [0, 0.1) is 11.3 Å². The second-order valence-corrected chi connectivity index (χ2v) is 4.42. The summed E-state index contributed by atoms with van der Waals surface area (Å²) < 4.78 is 0. The van der Waals surface area contributed by atoms with E-state index in [9.17, 15) is 0 Å². The van der Waals surface area contributed by atoms with Gasteiger partial charge in [0.1, 0.15) is 0 Å². The maximum absolute atomic E-state index is 2.40. The molecule has 3 rings (SSSR count). The average Bonchev–Trinajstić information content (AvgIpc) is 1.87. The number of hydrogen-bond donors (Lipinski definition) is 0. The Morgan fingerprint density at radius 3 is 2.27 bits per heavy atom. The van der Waals surface area contributed by atoms with Crippen molar-refractivity contribution in [3.63, 3.8) is 0 Å². The van der Waals surface area contributed by atoms with E-state index in [4.69, 9.17) is 0 Å². The molecule has 60 valence electrons. The summed E-state index contributed by atoms with van der Waals surface area (Å²) in [5, 5.41) is 0. The molecule has 0 aromatic rings. The standard InChI is InChI=1S/C10H16.Si/c1-7-4-5-8-6-9(7)10(8,2)3;/h8H,4-6H2,1-3H3;. The minimum Gasteiger partial charge on any atom is -0.0735 e. The molecule has 3 aliphatic carbocycles. The predicted molar refractivity (Wildman–Crippen MR) is 49.6 cm³/mol. The summed E-state index contributed by atoms with van der Waals surface area (Å²) >= 11 is 0. The van der Waals surface area contributed by atoms with Gasteiger partial charge in [-0.3, -0.25) is 0 Å². The quantitative estimate of drug-likeness (QED) is 0.381. The summed E-state index contributed by atoms with van der Waals surface area (Å²) in [6.45, 7) is 7.12. The van der Waals surface area contributed by atoms with E-state index >= 15 is 0 Å². The Bertz CT molecular complexity index is 201. The van der Waals surface area contributed by atoms with E-state index in [-0.39, 0.29) is 11.0 Å². The van der Waals surface area contributed by atoms with Crippen molar-refractivity contribution in [1.82, 2.24) is 0 Å². The van der Waals surface area contributed by atoms with Gasteiger partial charge in [0.05, 0.1) is 0 Å². The van der Waals surface area contributed by atoms with E-state index in [0.29, 0.717) is 5.41 Å². The molecule has 0 spiro atoms. The van der Waals surface area contributed by atoms with Crippen molar-refractivity contribution in [1.29, 1.82) is 0 Å². The molecule has 0 aromatic carbocycles. The zero-order valence-electron chi connectivity index (χ0n) is 7.70. The van der Waals surface area contributed by atoms with E-state index in [1.807, 2.05) is 0 Å². The summed E-state index contributed by atoms with van der Waals surface area (Å²) in [6, 6.07) is 0. The smallest absolute Gasteiger partial charge is 0 e. The number of fused-ring (bicyclic) bond motifs is 2. The van der Waals surface area contributed by atoms with Crippen LogP contribution in [0.2, 0.25) is 0 Å². The molecule has 11 heavy (non-hydrogen) atoms. The van der Waals surface area contributed by atoms with E-state index in [1.165, 1.54) is 19.3 Å². The molecule has 1 saturated carbocycles. The molecule has 1 heteroatoms. The van der Waals surface area contributed by atoms with E-state index in [1.54, 1.807) is 11.1 Å². The molecule has 3 aliphatic rings. The van der Waals surface area contributed by atoms with Crippen molar-refractivity contribution in [2.24, 2.45) is 11.3 Å². The largest absolute Gasteiger partial charge is 0.0735 e. The molecule has 1 atom stereocenters. The molecular weight excluding hydrogens is 148 g/mol. The molecule has 0 N–H and O–H groups in total. The van der Waals surface area contributed by atoms with Gasteiger partial charge in [0, 0.05) is 11.0 Å². The fourth-order valence-corrected chi connectivity index (χ4v) is 2.61. The molecule has 2 bridgehead atoms. The highest BCUT2D eigenvalue weighted by Crippen LogP contribution is 2.58. The summed E-state index contributed by atoms with van der Waals surface area (Å²) in [6.07, 6.45) is 4.24. The fourth-order valence-electron chi connectivity index (χ4n) is 2.61. The average molecular weight is 164 g/mol. The minimum atomic E-state index is 0. The van der Waals surface area contributed by atoms with Gasteiger partial charge in [0.25, 0.3) is 0 Å². The zero-order chi connectivity index (χ0) is 7.35. The van der Waals surface area contributed by atoms with Crippen LogP contribution in [0.25, 0.3) is 0 Å². The Morgan fingerprint density at radius 1 is 1.36 bits per heavy atom. The third-order valence-electron chi connectivity index (χ3n) is 3.63. The maximum Gasteiger partial charge on any atom is 0 e. The van der Waals surface area contributed by atoms with Crippen LogP contribution in [-0.4, -0.2) is 11.0 Å². The molecule has 0 aromatic heterocycles. The molecule has 0 saturated heterocycles. The highest BCUT2D eigenvalue weighted by molar-refractivity contribution is 5.75. The summed E-state index contributed by atoms with van der Waals surface area (Å²) in [7, 11) is 0. The van der Waals surface area contributed by atoms with Crippen LogP contribution in [0.5, 0.6) is 0 Å². The van der Waals surface area contributed by atoms with E-state index in [0.717, 1.165) is 5.92 Å². The molecule has 0 amide bonds. The van der Waals surface area contributed by atoms with Gasteiger partial charge in [-0.1, -0.05) is 25.0 Å². The van der Waals surface area contributed by atoms with Crippen LogP contribution in [0.15, 0.2) is 11.1 Å². The molecule has 4 radical (unpaired) electrons. The van der Waals surface area contributed by atoms with Crippen LogP contribution in [0.4, 0.5) is 0 Å². The van der Waals surface area contributed by atoms with Crippen LogP contribution >= 0.6 is 0 Å². The van der Waals surface area contributed by atoms with Gasteiger partial charge in [-0.2, -0.15) is 0 Å². The van der Waals surface area contributed by atoms with E-state index in [2.05, 4.69) is 20.8 Å². The van der Waals surface area contributed by atoms with Crippen molar-refractivity contribution >= 4 is 11.0 Å². The second-order valence-electron chi connectivity index (χ2n) is 4.42. The second kappa shape index (κ2) is 2.48. The first-order valence-electron chi connectivity index (χ1n) is 4.31. The summed E-state index contributed by atoms with van der Waals surface area (Å²) in [5.41, 5.74) is 4.04. The molecule has 0 aliphatic heterocycles. The van der Waals surface area contributed by atoms with Gasteiger partial charge in [-0.25, -0.2) is 0 Å². The van der Waals surface area contributed by atoms with Crippen LogP contribution in [0.1, 0.15) is 40.0 Å². The van der Waals surface area contributed by atoms with Gasteiger partial charge >= 0.3 is 0 Å². The number of rotatable bonds is 0. The molecular formula is C10H16Si. The lowest BCUT2D eigenvalue weighted by molar-refractivity contribution is 0.133. The fraction of sp³-hybridized carbons (Fsp3) is 0.800. The van der Waals surface area contributed by atoms with Crippen LogP contribution < -0.4 is 0 Å². The van der Waals surface area contributed by atoms with Gasteiger partial charge < -0.3 is 0 Å². The zero-order valence-corrected chi connectivity index (χ0v) is 8.70. The molecule has 0 nitrogen and oxygen atoms in total. The summed E-state index contributed by atoms with van der Waals surface area (Å²) in [5.74, 6) is 1.02. The Hall–Kier alpha value is -0.0431. The van der Waals surface area contributed by atoms with Gasteiger partial charge in [0.15, 0.2) is 0 Å². The van der Waals surface area contributed by atoms with Crippen molar-refractivity contribution in [3.8, 4) is 0 Å². The Morgan fingerprint density at radius 2 is 2.00 bits per heavy atom. The Labute approximate surface area is 74.1 Å². The number of allylic oxidation sites excluding steroid dienone is 2. The van der Waals surface area contributed by atoms with Crippen LogP contribution in [-0.2, 0) is 0 Å². The highest BCUT2D eigenvalue weighted by atomic mass is 28.1. The molecule has 1 fully saturated rings. The lowest BCUT2D eigenvalue weighted by Crippen LogP contribution is -2.41.